The zero-order valence-corrected chi connectivity index (χ0v) is 23.1. The average Bonchev–Trinajstić information content (AvgIpc) is 2.78. The molecule has 0 saturated carbocycles. The quantitative estimate of drug-likeness (QED) is 0.118. The van der Waals surface area contributed by atoms with E-state index >= 15 is 0 Å². The summed E-state index contributed by atoms with van der Waals surface area (Å²) in [5, 5.41) is 3.72. The third-order valence-corrected chi connectivity index (χ3v) is 9.45. The standard InChI is InChI=1S/C26H57NO3Si/c1-7-8-9-10-11-12-13-14-15-16-17-18-19-20-21-22-23-27-26(25(2)3)24-31(28-4,29-5)30-6/h25-27H,7-24H2,1-6H3. The Morgan fingerprint density at radius 3 is 1.26 bits per heavy atom. The van der Waals surface area contributed by atoms with E-state index in [1.807, 2.05) is 0 Å². The van der Waals surface area contributed by atoms with Gasteiger partial charge in [0.2, 0.25) is 0 Å². The van der Waals surface area contributed by atoms with Crippen molar-refractivity contribution in [1.82, 2.24) is 5.32 Å². The molecule has 0 spiro atoms. The van der Waals surface area contributed by atoms with E-state index in [-0.39, 0.29) is 0 Å². The molecule has 0 aliphatic rings. The molecule has 0 aliphatic heterocycles. The minimum Gasteiger partial charge on any atom is -0.377 e. The second-order valence-electron chi connectivity index (χ2n) is 9.61. The number of hydrogen-bond donors (Lipinski definition) is 1. The van der Waals surface area contributed by atoms with Crippen LogP contribution in [0.2, 0.25) is 6.04 Å². The molecule has 0 aromatic rings. The van der Waals surface area contributed by atoms with Crippen LogP contribution in [0.5, 0.6) is 0 Å². The summed E-state index contributed by atoms with van der Waals surface area (Å²) in [5.74, 6) is 0.536. The molecule has 0 heterocycles. The third-order valence-electron chi connectivity index (χ3n) is 6.64. The lowest BCUT2D eigenvalue weighted by Gasteiger charge is -2.31. The van der Waals surface area contributed by atoms with Crippen LogP contribution in [-0.4, -0.2) is 42.7 Å². The highest BCUT2D eigenvalue weighted by Crippen LogP contribution is 2.20. The minimum atomic E-state index is -2.52. The number of hydrogen-bond acceptors (Lipinski definition) is 4. The highest BCUT2D eigenvalue weighted by atomic mass is 28.4. The van der Waals surface area contributed by atoms with Gasteiger partial charge in [0.05, 0.1) is 0 Å². The first-order chi connectivity index (χ1) is 15.0. The molecule has 0 aliphatic carbocycles. The lowest BCUT2D eigenvalue weighted by molar-refractivity contribution is 0.117. The Morgan fingerprint density at radius 1 is 0.581 bits per heavy atom. The van der Waals surface area contributed by atoms with Crippen LogP contribution in [0.4, 0.5) is 0 Å². The predicted octanol–water partition coefficient (Wildman–Crippen LogP) is 7.74. The highest BCUT2D eigenvalue weighted by molar-refractivity contribution is 6.60. The molecule has 0 rings (SSSR count). The Kier molecular flexibility index (Phi) is 21.9. The van der Waals surface area contributed by atoms with Gasteiger partial charge in [0, 0.05) is 33.4 Å². The van der Waals surface area contributed by atoms with Crippen LogP contribution < -0.4 is 5.32 Å². The fourth-order valence-electron chi connectivity index (χ4n) is 4.27. The fourth-order valence-corrected chi connectivity index (χ4v) is 6.43. The van der Waals surface area contributed by atoms with Crippen molar-refractivity contribution in [1.29, 1.82) is 0 Å². The second kappa shape index (κ2) is 21.9. The van der Waals surface area contributed by atoms with Crippen molar-refractivity contribution < 1.29 is 13.3 Å². The largest absolute Gasteiger partial charge is 0.501 e. The van der Waals surface area contributed by atoms with Crippen LogP contribution in [0.3, 0.4) is 0 Å². The van der Waals surface area contributed by atoms with E-state index in [0.717, 1.165) is 12.6 Å². The third kappa shape index (κ3) is 17.2. The molecule has 0 bridgehead atoms. The normalized spacial score (nSPS) is 13.3. The summed E-state index contributed by atoms with van der Waals surface area (Å²) >= 11 is 0. The van der Waals surface area contributed by atoms with Crippen molar-refractivity contribution in [3.05, 3.63) is 0 Å². The molecule has 1 unspecified atom stereocenters. The van der Waals surface area contributed by atoms with E-state index < -0.39 is 8.80 Å². The van der Waals surface area contributed by atoms with Crippen molar-refractivity contribution >= 4 is 8.80 Å². The second-order valence-corrected chi connectivity index (χ2v) is 12.6. The molecule has 5 heteroatoms. The van der Waals surface area contributed by atoms with Gasteiger partial charge in [0.15, 0.2) is 0 Å². The molecular formula is C26H57NO3Si. The molecule has 0 amide bonds. The minimum absolute atomic E-state index is 0.378. The summed E-state index contributed by atoms with van der Waals surface area (Å²) in [6.07, 6.45) is 22.6. The topological polar surface area (TPSA) is 39.7 Å². The van der Waals surface area contributed by atoms with Gasteiger partial charge < -0.3 is 18.6 Å². The zero-order valence-electron chi connectivity index (χ0n) is 22.1. The molecule has 4 nitrogen and oxygen atoms in total. The Balaban J connectivity index is 3.55. The molecule has 1 atom stereocenters. The van der Waals surface area contributed by atoms with Gasteiger partial charge in [-0.15, -0.1) is 0 Å². The molecule has 31 heavy (non-hydrogen) atoms. The van der Waals surface area contributed by atoms with Crippen LogP contribution in [0, 0.1) is 5.92 Å². The van der Waals surface area contributed by atoms with Crippen LogP contribution in [0.25, 0.3) is 0 Å². The molecule has 1 N–H and O–H groups in total. The smallest absolute Gasteiger partial charge is 0.377 e. The van der Waals surface area contributed by atoms with E-state index in [0.29, 0.717) is 12.0 Å². The van der Waals surface area contributed by atoms with Crippen LogP contribution in [0.1, 0.15) is 124 Å². The summed E-state index contributed by atoms with van der Waals surface area (Å²) < 4.78 is 16.8. The highest BCUT2D eigenvalue weighted by Gasteiger charge is 2.41. The summed E-state index contributed by atoms with van der Waals surface area (Å²) in [6, 6.07) is 1.20. The number of unbranched alkanes of at least 4 members (excludes halogenated alkanes) is 15. The van der Waals surface area contributed by atoms with Gasteiger partial charge in [0.25, 0.3) is 0 Å². The van der Waals surface area contributed by atoms with E-state index in [1.54, 1.807) is 21.3 Å². The first-order valence-corrected chi connectivity index (χ1v) is 15.4. The summed E-state index contributed by atoms with van der Waals surface area (Å²) in [7, 11) is 2.58. The van der Waals surface area contributed by atoms with Crippen molar-refractivity contribution in [3.8, 4) is 0 Å². The van der Waals surface area contributed by atoms with Gasteiger partial charge in [-0.05, 0) is 18.9 Å². The molecule has 0 radical (unpaired) electrons. The molecule has 0 fully saturated rings. The SMILES string of the molecule is CCCCCCCCCCCCCCCCCCNC(C[Si](OC)(OC)OC)C(C)C. The van der Waals surface area contributed by atoms with Gasteiger partial charge in [-0.2, -0.15) is 0 Å². The van der Waals surface area contributed by atoms with E-state index in [1.165, 1.54) is 103 Å². The van der Waals surface area contributed by atoms with Gasteiger partial charge in [-0.25, -0.2) is 0 Å². The zero-order chi connectivity index (χ0) is 23.2. The van der Waals surface area contributed by atoms with E-state index in [4.69, 9.17) is 13.3 Å². The maximum absolute atomic E-state index is 5.61. The fraction of sp³-hybridized carbons (Fsp3) is 1.00. The first kappa shape index (κ1) is 31.1. The monoisotopic (exact) mass is 459 g/mol. The Bertz CT molecular complexity index is 356. The van der Waals surface area contributed by atoms with Gasteiger partial charge >= 0.3 is 8.80 Å². The van der Waals surface area contributed by atoms with Gasteiger partial charge in [-0.1, -0.05) is 117 Å². The summed E-state index contributed by atoms with van der Waals surface area (Å²) in [6.45, 7) is 7.88. The Morgan fingerprint density at radius 2 is 0.935 bits per heavy atom. The van der Waals surface area contributed by atoms with Crippen LogP contribution >= 0.6 is 0 Å². The van der Waals surface area contributed by atoms with Crippen molar-refractivity contribution in [2.45, 2.75) is 136 Å². The lowest BCUT2D eigenvalue weighted by atomic mass is 10.0. The van der Waals surface area contributed by atoms with Crippen molar-refractivity contribution in [3.63, 3.8) is 0 Å². The Hall–Kier alpha value is 0.0569. The van der Waals surface area contributed by atoms with Crippen molar-refractivity contribution in [2.24, 2.45) is 5.92 Å². The van der Waals surface area contributed by atoms with Crippen molar-refractivity contribution in [2.75, 3.05) is 27.9 Å². The van der Waals surface area contributed by atoms with Crippen LogP contribution in [-0.2, 0) is 13.3 Å². The average molecular weight is 460 g/mol. The molecular weight excluding hydrogens is 402 g/mol. The predicted molar refractivity (Wildman–Crippen MR) is 138 cm³/mol. The molecule has 0 saturated heterocycles. The number of rotatable bonds is 24. The maximum Gasteiger partial charge on any atom is 0.501 e. The lowest BCUT2D eigenvalue weighted by Crippen LogP contribution is -2.50. The summed E-state index contributed by atoms with van der Waals surface area (Å²) in [5.41, 5.74) is 0. The Labute approximate surface area is 197 Å². The number of nitrogens with one attached hydrogen (secondary N) is 1. The summed E-state index contributed by atoms with van der Waals surface area (Å²) in [4.78, 5) is 0. The van der Waals surface area contributed by atoms with E-state index in [2.05, 4.69) is 26.1 Å². The first-order valence-electron chi connectivity index (χ1n) is 13.4. The maximum atomic E-state index is 5.61. The molecule has 188 valence electrons. The van der Waals surface area contributed by atoms with Gasteiger partial charge in [-0.3, -0.25) is 0 Å². The van der Waals surface area contributed by atoms with Gasteiger partial charge in [0.1, 0.15) is 0 Å². The molecule has 0 aromatic carbocycles. The van der Waals surface area contributed by atoms with Crippen LogP contribution in [0.15, 0.2) is 0 Å². The molecule has 0 aromatic heterocycles. The van der Waals surface area contributed by atoms with E-state index in [9.17, 15) is 0 Å².